The van der Waals surface area contributed by atoms with Crippen LogP contribution in [-0.4, -0.2) is 59.0 Å². The van der Waals surface area contributed by atoms with E-state index >= 15 is 0 Å². The molecular formula is C14H19F3N4O2. The third-order valence-corrected chi connectivity index (χ3v) is 3.60. The van der Waals surface area contributed by atoms with Crippen molar-refractivity contribution in [2.75, 3.05) is 25.0 Å². The fourth-order valence-electron chi connectivity index (χ4n) is 2.41. The van der Waals surface area contributed by atoms with Gasteiger partial charge in [-0.1, -0.05) is 6.07 Å². The number of aliphatic hydroxyl groups is 1. The Morgan fingerprint density at radius 1 is 1.39 bits per heavy atom. The molecule has 9 heteroatoms. The summed E-state index contributed by atoms with van der Waals surface area (Å²) in [6.45, 7) is 0.341. The Labute approximate surface area is 131 Å². The number of hydrogen-bond donors (Lipinski definition) is 3. The predicted octanol–water partition coefficient (Wildman–Crippen LogP) is 0.955. The molecule has 0 radical (unpaired) electrons. The lowest BCUT2D eigenvalue weighted by Gasteiger charge is -2.33. The summed E-state index contributed by atoms with van der Waals surface area (Å²) in [7, 11) is 0. The van der Waals surface area contributed by atoms with Crippen LogP contribution in [0.3, 0.4) is 0 Å². The quantitative estimate of drug-likeness (QED) is 0.700. The number of carbonyl (C=O) groups is 1. The van der Waals surface area contributed by atoms with E-state index in [1.807, 2.05) is 0 Å². The SMILES string of the molecule is O=C(N1CCC(NCC(O)Nc2ccccn2)CC1)C(F)(F)F. The number of halogens is 3. The van der Waals surface area contributed by atoms with Crippen LogP contribution in [0.4, 0.5) is 19.0 Å². The zero-order chi connectivity index (χ0) is 16.9. The molecule has 1 aromatic heterocycles. The van der Waals surface area contributed by atoms with Crippen molar-refractivity contribution in [2.45, 2.75) is 31.3 Å². The molecule has 6 nitrogen and oxygen atoms in total. The molecule has 1 fully saturated rings. The molecule has 1 aliphatic rings. The maximum atomic E-state index is 12.3. The van der Waals surface area contributed by atoms with Crippen molar-refractivity contribution in [1.29, 1.82) is 0 Å². The maximum absolute atomic E-state index is 12.3. The fourth-order valence-corrected chi connectivity index (χ4v) is 2.41. The molecule has 0 aromatic carbocycles. The van der Waals surface area contributed by atoms with Gasteiger partial charge in [-0.05, 0) is 25.0 Å². The normalized spacial score (nSPS) is 17.8. The van der Waals surface area contributed by atoms with E-state index in [9.17, 15) is 23.1 Å². The van der Waals surface area contributed by atoms with Crippen LogP contribution in [-0.2, 0) is 4.79 Å². The number of aromatic nitrogens is 1. The highest BCUT2D eigenvalue weighted by Crippen LogP contribution is 2.21. The van der Waals surface area contributed by atoms with E-state index in [1.165, 1.54) is 0 Å². The summed E-state index contributed by atoms with van der Waals surface area (Å²) in [5.41, 5.74) is 0. The topological polar surface area (TPSA) is 77.5 Å². The Bertz CT molecular complexity index is 504. The molecule has 2 heterocycles. The lowest BCUT2D eigenvalue weighted by molar-refractivity contribution is -0.186. The van der Waals surface area contributed by atoms with Crippen molar-refractivity contribution in [3.8, 4) is 0 Å². The van der Waals surface area contributed by atoms with Gasteiger partial charge in [0.2, 0.25) is 0 Å². The smallest absolute Gasteiger partial charge is 0.372 e. The molecule has 0 saturated carbocycles. The minimum absolute atomic E-state index is 0.0348. The molecule has 1 aliphatic heterocycles. The number of aliphatic hydroxyl groups excluding tert-OH is 1. The van der Waals surface area contributed by atoms with Crippen molar-refractivity contribution >= 4 is 11.7 Å². The summed E-state index contributed by atoms with van der Waals surface area (Å²) in [6, 6.07) is 5.21. The van der Waals surface area contributed by atoms with E-state index in [2.05, 4.69) is 15.6 Å². The van der Waals surface area contributed by atoms with Gasteiger partial charge in [-0.15, -0.1) is 0 Å². The first kappa shape index (κ1) is 17.5. The first-order valence-electron chi connectivity index (χ1n) is 7.31. The Morgan fingerprint density at radius 2 is 2.09 bits per heavy atom. The van der Waals surface area contributed by atoms with Gasteiger partial charge in [0.15, 0.2) is 0 Å². The van der Waals surface area contributed by atoms with Crippen LogP contribution in [0.15, 0.2) is 24.4 Å². The second kappa shape index (κ2) is 7.60. The van der Waals surface area contributed by atoms with Crippen LogP contribution in [0, 0.1) is 0 Å². The van der Waals surface area contributed by atoms with Gasteiger partial charge < -0.3 is 20.6 Å². The predicted molar refractivity (Wildman–Crippen MR) is 77.5 cm³/mol. The summed E-state index contributed by atoms with van der Waals surface area (Å²) in [5, 5.41) is 15.7. The fraction of sp³-hybridized carbons (Fsp3) is 0.571. The van der Waals surface area contributed by atoms with Crippen LogP contribution in [0.25, 0.3) is 0 Å². The highest BCUT2D eigenvalue weighted by atomic mass is 19.4. The maximum Gasteiger partial charge on any atom is 0.471 e. The standard InChI is InChI=1S/C14H19F3N4O2/c15-14(16,17)13(23)21-7-4-10(5-8-21)19-9-12(22)20-11-3-1-2-6-18-11/h1-3,6,10,12,19,22H,4-5,7-9H2,(H,18,20). The van der Waals surface area contributed by atoms with Gasteiger partial charge in [-0.3, -0.25) is 4.79 Å². The minimum atomic E-state index is -4.82. The van der Waals surface area contributed by atoms with Crippen LogP contribution >= 0.6 is 0 Å². The van der Waals surface area contributed by atoms with Gasteiger partial charge in [0, 0.05) is 31.9 Å². The monoisotopic (exact) mass is 332 g/mol. The van der Waals surface area contributed by atoms with Crippen LogP contribution in [0.2, 0.25) is 0 Å². The molecule has 1 amide bonds. The van der Waals surface area contributed by atoms with E-state index in [-0.39, 0.29) is 25.7 Å². The van der Waals surface area contributed by atoms with Gasteiger partial charge in [0.1, 0.15) is 12.0 Å². The average Bonchev–Trinajstić information content (AvgIpc) is 2.53. The molecule has 1 atom stereocenters. The van der Waals surface area contributed by atoms with E-state index < -0.39 is 18.3 Å². The Kier molecular flexibility index (Phi) is 5.78. The number of amides is 1. The minimum Gasteiger partial charge on any atom is -0.372 e. The number of piperidine rings is 1. The molecule has 3 N–H and O–H groups in total. The van der Waals surface area contributed by atoms with E-state index in [1.54, 1.807) is 24.4 Å². The number of likely N-dealkylation sites (tertiary alicyclic amines) is 1. The third kappa shape index (κ3) is 5.36. The molecule has 0 bridgehead atoms. The summed E-state index contributed by atoms with van der Waals surface area (Å²) < 4.78 is 37.0. The van der Waals surface area contributed by atoms with Gasteiger partial charge in [-0.25, -0.2) is 4.98 Å². The van der Waals surface area contributed by atoms with Crippen LogP contribution < -0.4 is 10.6 Å². The number of nitrogens with zero attached hydrogens (tertiary/aromatic N) is 2. The number of pyridine rings is 1. The molecule has 1 saturated heterocycles. The third-order valence-electron chi connectivity index (χ3n) is 3.60. The Balaban J connectivity index is 1.69. The van der Waals surface area contributed by atoms with Crippen molar-refractivity contribution in [3.63, 3.8) is 0 Å². The summed E-state index contributed by atoms with van der Waals surface area (Å²) >= 11 is 0. The second-order valence-corrected chi connectivity index (χ2v) is 5.35. The van der Waals surface area contributed by atoms with Crippen molar-refractivity contribution < 1.29 is 23.1 Å². The van der Waals surface area contributed by atoms with E-state index in [4.69, 9.17) is 0 Å². The zero-order valence-corrected chi connectivity index (χ0v) is 12.4. The van der Waals surface area contributed by atoms with Gasteiger partial charge in [0.05, 0.1) is 0 Å². The van der Waals surface area contributed by atoms with Crippen molar-refractivity contribution in [2.24, 2.45) is 0 Å². The van der Waals surface area contributed by atoms with E-state index in [0.717, 1.165) is 4.90 Å². The number of alkyl halides is 3. The average molecular weight is 332 g/mol. The number of anilines is 1. The molecular weight excluding hydrogens is 313 g/mol. The Morgan fingerprint density at radius 3 is 2.65 bits per heavy atom. The molecule has 1 unspecified atom stereocenters. The molecule has 0 aliphatic carbocycles. The largest absolute Gasteiger partial charge is 0.471 e. The lowest BCUT2D eigenvalue weighted by Crippen LogP contribution is -2.50. The number of rotatable bonds is 5. The van der Waals surface area contributed by atoms with Crippen molar-refractivity contribution in [1.82, 2.24) is 15.2 Å². The summed E-state index contributed by atoms with van der Waals surface area (Å²) in [6.07, 6.45) is -3.26. The molecule has 0 spiro atoms. The molecule has 2 rings (SSSR count). The zero-order valence-electron chi connectivity index (χ0n) is 12.4. The first-order chi connectivity index (χ1) is 10.9. The Hall–Kier alpha value is -1.87. The first-order valence-corrected chi connectivity index (χ1v) is 7.31. The van der Waals surface area contributed by atoms with Crippen molar-refractivity contribution in [3.05, 3.63) is 24.4 Å². The molecule has 23 heavy (non-hydrogen) atoms. The number of hydrogen-bond acceptors (Lipinski definition) is 5. The van der Waals surface area contributed by atoms with E-state index in [0.29, 0.717) is 18.7 Å². The number of carbonyl (C=O) groups excluding carboxylic acids is 1. The molecule has 128 valence electrons. The van der Waals surface area contributed by atoms with Gasteiger partial charge in [0.25, 0.3) is 0 Å². The van der Waals surface area contributed by atoms with Crippen LogP contribution in [0.5, 0.6) is 0 Å². The summed E-state index contributed by atoms with van der Waals surface area (Å²) in [5.74, 6) is -1.25. The molecule has 1 aromatic rings. The highest BCUT2D eigenvalue weighted by molar-refractivity contribution is 5.81. The lowest BCUT2D eigenvalue weighted by atomic mass is 10.0. The van der Waals surface area contributed by atoms with Gasteiger partial charge in [-0.2, -0.15) is 13.2 Å². The number of nitrogens with one attached hydrogen (secondary N) is 2. The summed E-state index contributed by atoms with van der Waals surface area (Å²) in [4.78, 5) is 16.0. The van der Waals surface area contributed by atoms with Crippen LogP contribution in [0.1, 0.15) is 12.8 Å². The highest BCUT2D eigenvalue weighted by Gasteiger charge is 2.43. The second-order valence-electron chi connectivity index (χ2n) is 5.35. The van der Waals surface area contributed by atoms with Gasteiger partial charge >= 0.3 is 12.1 Å².